The summed E-state index contributed by atoms with van der Waals surface area (Å²) in [5.41, 5.74) is 2.89. The van der Waals surface area contributed by atoms with Crippen LogP contribution in [0.1, 0.15) is 37.4 Å². The molecule has 0 spiro atoms. The third kappa shape index (κ3) is 2.74. The van der Waals surface area contributed by atoms with Gasteiger partial charge in [0.2, 0.25) is 0 Å². The van der Waals surface area contributed by atoms with Crippen molar-refractivity contribution >= 4 is 17.0 Å². The van der Waals surface area contributed by atoms with Crippen LogP contribution >= 0.6 is 0 Å². The summed E-state index contributed by atoms with van der Waals surface area (Å²) in [7, 11) is 2.05. The van der Waals surface area contributed by atoms with Crippen molar-refractivity contribution in [3.8, 4) is 0 Å². The van der Waals surface area contributed by atoms with E-state index in [4.69, 9.17) is 0 Å². The fraction of sp³-hybridized carbons (Fsp3) is 0.556. The van der Waals surface area contributed by atoms with Crippen molar-refractivity contribution in [1.29, 1.82) is 0 Å². The van der Waals surface area contributed by atoms with Gasteiger partial charge in [-0.25, -0.2) is 15.0 Å². The molecule has 1 aliphatic carbocycles. The van der Waals surface area contributed by atoms with E-state index in [9.17, 15) is 0 Å². The zero-order valence-corrected chi connectivity index (χ0v) is 15.0. The Morgan fingerprint density at radius 1 is 1.23 bits per heavy atom. The molecule has 26 heavy (non-hydrogen) atoms. The zero-order chi connectivity index (χ0) is 17.5. The van der Waals surface area contributed by atoms with E-state index in [1.165, 1.54) is 37.9 Å². The lowest BCUT2D eigenvalue weighted by Crippen LogP contribution is -2.43. The van der Waals surface area contributed by atoms with Gasteiger partial charge in [0.15, 0.2) is 11.5 Å². The highest BCUT2D eigenvalue weighted by molar-refractivity contribution is 5.81. The standard InChI is InChI=1S/C18H24N8/c1-25-14(6-7-24-25)16-12(3-2-8-26(16)13-4-5-13)9-19-17-15-18(21-10-20-15)23-11-22-17/h6-7,10-13,16H,2-5,8-9H2,1H3,(H2,19,20,21,22,23)/t12-,16+/m0/s1. The first-order valence-corrected chi connectivity index (χ1v) is 9.43. The Hall–Kier alpha value is -2.48. The first-order chi connectivity index (χ1) is 12.8. The van der Waals surface area contributed by atoms with E-state index in [0.29, 0.717) is 17.6 Å². The van der Waals surface area contributed by atoms with Gasteiger partial charge in [-0.15, -0.1) is 0 Å². The molecule has 2 atom stereocenters. The van der Waals surface area contributed by atoms with Crippen molar-refractivity contribution in [2.24, 2.45) is 13.0 Å². The Balaban J connectivity index is 1.40. The number of likely N-dealkylation sites (tertiary alicyclic amines) is 1. The summed E-state index contributed by atoms with van der Waals surface area (Å²) >= 11 is 0. The highest BCUT2D eigenvalue weighted by Crippen LogP contribution is 2.42. The number of imidazole rings is 1. The van der Waals surface area contributed by atoms with Crippen LogP contribution in [0.3, 0.4) is 0 Å². The van der Waals surface area contributed by atoms with Crippen LogP contribution in [0.5, 0.6) is 0 Å². The van der Waals surface area contributed by atoms with Crippen LogP contribution in [-0.2, 0) is 7.05 Å². The van der Waals surface area contributed by atoms with Crippen LogP contribution in [0.4, 0.5) is 5.82 Å². The summed E-state index contributed by atoms with van der Waals surface area (Å²) in [4.78, 5) is 18.7. The summed E-state index contributed by atoms with van der Waals surface area (Å²) in [5.74, 6) is 1.35. The molecule has 2 aliphatic rings. The summed E-state index contributed by atoms with van der Waals surface area (Å²) in [6.07, 6.45) is 10.3. The number of nitrogens with one attached hydrogen (secondary N) is 2. The smallest absolute Gasteiger partial charge is 0.182 e. The largest absolute Gasteiger partial charge is 0.368 e. The molecule has 3 aromatic heterocycles. The molecule has 1 aliphatic heterocycles. The van der Waals surface area contributed by atoms with Crippen molar-refractivity contribution in [2.45, 2.75) is 37.8 Å². The van der Waals surface area contributed by atoms with Crippen LogP contribution in [0.2, 0.25) is 0 Å². The van der Waals surface area contributed by atoms with Crippen LogP contribution in [0.15, 0.2) is 24.9 Å². The lowest BCUT2D eigenvalue weighted by atomic mass is 9.86. The van der Waals surface area contributed by atoms with Gasteiger partial charge < -0.3 is 10.3 Å². The van der Waals surface area contributed by atoms with Crippen molar-refractivity contribution in [3.63, 3.8) is 0 Å². The zero-order valence-electron chi connectivity index (χ0n) is 15.0. The van der Waals surface area contributed by atoms with Gasteiger partial charge in [-0.2, -0.15) is 5.10 Å². The highest BCUT2D eigenvalue weighted by atomic mass is 15.3. The average molecular weight is 352 g/mol. The third-order valence-electron chi connectivity index (χ3n) is 5.73. The minimum absolute atomic E-state index is 0.412. The Labute approximate surface area is 152 Å². The lowest BCUT2D eigenvalue weighted by molar-refractivity contribution is 0.0841. The summed E-state index contributed by atoms with van der Waals surface area (Å²) in [6.45, 7) is 2.07. The quantitative estimate of drug-likeness (QED) is 0.731. The fourth-order valence-corrected chi connectivity index (χ4v) is 4.35. The number of aromatic amines is 1. The van der Waals surface area contributed by atoms with Gasteiger partial charge in [0.05, 0.1) is 18.1 Å². The average Bonchev–Trinajstić information content (AvgIpc) is 3.24. The number of aryl methyl sites for hydroxylation is 1. The number of piperidine rings is 1. The number of hydrogen-bond donors (Lipinski definition) is 2. The molecule has 1 saturated heterocycles. The van der Waals surface area contributed by atoms with Crippen molar-refractivity contribution < 1.29 is 0 Å². The molecule has 8 heteroatoms. The Morgan fingerprint density at radius 2 is 2.15 bits per heavy atom. The predicted octanol–water partition coefficient (Wildman–Crippen LogP) is 2.11. The molecule has 0 bridgehead atoms. The summed E-state index contributed by atoms with van der Waals surface area (Å²) < 4.78 is 2.04. The second kappa shape index (κ2) is 6.35. The number of aromatic nitrogens is 6. The Morgan fingerprint density at radius 3 is 2.96 bits per heavy atom. The summed E-state index contributed by atoms with van der Waals surface area (Å²) in [6, 6.07) is 3.34. The van der Waals surface area contributed by atoms with E-state index in [1.54, 1.807) is 12.7 Å². The summed E-state index contributed by atoms with van der Waals surface area (Å²) in [5, 5.41) is 7.98. The maximum Gasteiger partial charge on any atom is 0.182 e. The van der Waals surface area contributed by atoms with E-state index in [-0.39, 0.29) is 0 Å². The van der Waals surface area contributed by atoms with E-state index in [1.807, 2.05) is 10.9 Å². The Kier molecular flexibility index (Phi) is 3.85. The van der Waals surface area contributed by atoms with Crippen LogP contribution in [0.25, 0.3) is 11.2 Å². The molecular formula is C18H24N8. The molecule has 1 saturated carbocycles. The number of rotatable bonds is 5. The van der Waals surface area contributed by atoms with Gasteiger partial charge in [-0.3, -0.25) is 9.58 Å². The molecule has 0 amide bonds. The lowest BCUT2D eigenvalue weighted by Gasteiger charge is -2.41. The SMILES string of the molecule is Cn1nccc1[C@H]1[C@H](CNc2ncnc3nc[nH]c23)CCCN1C1CC1. The number of nitrogens with zero attached hydrogens (tertiary/aromatic N) is 6. The normalized spacial score (nSPS) is 24.2. The van der Waals surface area contributed by atoms with Gasteiger partial charge in [-0.05, 0) is 44.2 Å². The monoisotopic (exact) mass is 352 g/mol. The molecule has 0 aromatic carbocycles. The first-order valence-electron chi connectivity index (χ1n) is 9.43. The van der Waals surface area contributed by atoms with E-state index < -0.39 is 0 Å². The first kappa shape index (κ1) is 15.7. The fourth-order valence-electron chi connectivity index (χ4n) is 4.35. The Bertz CT molecular complexity index is 895. The van der Waals surface area contributed by atoms with Gasteiger partial charge in [0.25, 0.3) is 0 Å². The number of H-pyrrole nitrogens is 1. The molecule has 8 nitrogen and oxygen atoms in total. The number of anilines is 1. The van der Waals surface area contributed by atoms with Crippen molar-refractivity contribution in [1.82, 2.24) is 34.6 Å². The van der Waals surface area contributed by atoms with Gasteiger partial charge in [-0.1, -0.05) is 0 Å². The maximum atomic E-state index is 4.43. The molecule has 4 heterocycles. The minimum Gasteiger partial charge on any atom is -0.368 e. The van der Waals surface area contributed by atoms with Crippen molar-refractivity contribution in [2.75, 3.05) is 18.4 Å². The highest BCUT2D eigenvalue weighted by Gasteiger charge is 2.41. The second-order valence-electron chi connectivity index (χ2n) is 7.40. The molecule has 136 valence electrons. The molecule has 2 fully saturated rings. The number of fused-ring (bicyclic) bond motifs is 1. The van der Waals surface area contributed by atoms with Gasteiger partial charge in [0, 0.05) is 25.8 Å². The van der Waals surface area contributed by atoms with E-state index in [0.717, 1.165) is 23.9 Å². The molecule has 0 unspecified atom stereocenters. The van der Waals surface area contributed by atoms with Crippen LogP contribution < -0.4 is 5.32 Å². The molecule has 5 rings (SSSR count). The van der Waals surface area contributed by atoms with E-state index in [2.05, 4.69) is 48.4 Å². The van der Waals surface area contributed by atoms with Crippen LogP contribution in [0, 0.1) is 5.92 Å². The predicted molar refractivity (Wildman–Crippen MR) is 98.6 cm³/mol. The van der Waals surface area contributed by atoms with Gasteiger partial charge >= 0.3 is 0 Å². The third-order valence-corrected chi connectivity index (χ3v) is 5.73. The van der Waals surface area contributed by atoms with Crippen LogP contribution in [-0.4, -0.2) is 53.7 Å². The molecule has 2 N–H and O–H groups in total. The topological polar surface area (TPSA) is 87.5 Å². The number of hydrogen-bond acceptors (Lipinski definition) is 6. The van der Waals surface area contributed by atoms with E-state index >= 15 is 0 Å². The molecular weight excluding hydrogens is 328 g/mol. The second-order valence-corrected chi connectivity index (χ2v) is 7.40. The molecule has 3 aromatic rings. The molecule has 0 radical (unpaired) electrons. The van der Waals surface area contributed by atoms with Gasteiger partial charge in [0.1, 0.15) is 11.8 Å². The minimum atomic E-state index is 0.412. The maximum absolute atomic E-state index is 4.43. The van der Waals surface area contributed by atoms with Crippen molar-refractivity contribution in [3.05, 3.63) is 30.6 Å².